The van der Waals surface area contributed by atoms with Gasteiger partial charge in [-0.25, -0.2) is 9.52 Å². The van der Waals surface area contributed by atoms with Crippen molar-refractivity contribution in [3.8, 4) is 0 Å². The van der Waals surface area contributed by atoms with Crippen LogP contribution in [0.25, 0.3) is 0 Å². The van der Waals surface area contributed by atoms with Crippen LogP contribution in [0.3, 0.4) is 0 Å². The predicted octanol–water partition coefficient (Wildman–Crippen LogP) is 0.0857. The van der Waals surface area contributed by atoms with Crippen molar-refractivity contribution in [2.24, 2.45) is 0 Å². The number of rotatable bonds is 6. The third-order valence-corrected chi connectivity index (χ3v) is 3.05. The lowest BCUT2D eigenvalue weighted by molar-refractivity contribution is -0.0642. The Hall–Kier alpha value is -1.07. The van der Waals surface area contributed by atoms with Crippen molar-refractivity contribution in [3.63, 3.8) is 0 Å². The van der Waals surface area contributed by atoms with E-state index in [0.717, 1.165) is 0 Å². The van der Waals surface area contributed by atoms with Crippen LogP contribution in [0.2, 0.25) is 0 Å². The smallest absolute Gasteiger partial charge is 0.446 e. The zero-order valence-corrected chi connectivity index (χ0v) is 10.7. The maximum absolute atomic E-state index is 11.9. The Morgan fingerprint density at radius 1 is 1.37 bits per heavy atom. The van der Waals surface area contributed by atoms with Crippen LogP contribution < -0.4 is 4.72 Å². The molecule has 0 saturated heterocycles. The van der Waals surface area contributed by atoms with E-state index in [1.807, 2.05) is 0 Å². The average Bonchev–Trinajstić information content (AvgIpc) is 2.25. The zero-order valence-electron chi connectivity index (χ0n) is 9.90. The lowest BCUT2D eigenvalue weighted by Crippen LogP contribution is -2.44. The van der Waals surface area contributed by atoms with Gasteiger partial charge in [-0.1, -0.05) is 13.3 Å². The molecule has 0 aromatic carbocycles. The number of halogens is 3. The summed E-state index contributed by atoms with van der Waals surface area (Å²) in [7, 11) is -5.85. The van der Waals surface area contributed by atoms with Crippen molar-refractivity contribution < 1.29 is 41.3 Å². The molecule has 11 heteroatoms. The largest absolute Gasteiger partial charge is 0.516 e. The Balaban J connectivity index is 4.50. The van der Waals surface area contributed by atoms with Gasteiger partial charge in [0, 0.05) is 0 Å². The Kier molecular flexibility index (Phi) is 6.03. The lowest BCUT2D eigenvalue weighted by Gasteiger charge is -2.24. The number of sulfonamides is 1. The van der Waals surface area contributed by atoms with E-state index in [9.17, 15) is 31.5 Å². The molecule has 7 nitrogen and oxygen atoms in total. The van der Waals surface area contributed by atoms with Crippen LogP contribution in [0.4, 0.5) is 18.0 Å². The van der Waals surface area contributed by atoms with E-state index < -0.39 is 40.4 Å². The predicted molar refractivity (Wildman–Crippen MR) is 56.4 cm³/mol. The van der Waals surface area contributed by atoms with Crippen molar-refractivity contribution in [3.05, 3.63) is 0 Å². The summed E-state index contributed by atoms with van der Waals surface area (Å²) >= 11 is 0. The van der Waals surface area contributed by atoms with Gasteiger partial charge in [-0.05, 0) is 6.42 Å². The topological polar surface area (TPSA) is 113 Å². The SMILES string of the molecule is CCCC(O)(CO)COC(=O)NS(=O)(=O)C(F)(F)F. The van der Waals surface area contributed by atoms with E-state index in [2.05, 4.69) is 4.74 Å². The molecule has 19 heavy (non-hydrogen) atoms. The second kappa shape index (κ2) is 6.39. The van der Waals surface area contributed by atoms with E-state index in [4.69, 9.17) is 5.11 Å². The number of carbonyl (C=O) groups is 1. The summed E-state index contributed by atoms with van der Waals surface area (Å²) in [6, 6.07) is 0. The molecule has 3 N–H and O–H groups in total. The zero-order chi connectivity index (χ0) is 15.3. The minimum atomic E-state index is -5.85. The summed E-state index contributed by atoms with van der Waals surface area (Å²) in [5, 5.41) is 18.4. The normalized spacial score (nSPS) is 15.7. The van der Waals surface area contributed by atoms with Gasteiger partial charge in [0.05, 0.1) is 6.61 Å². The first kappa shape index (κ1) is 17.9. The van der Waals surface area contributed by atoms with Crippen LogP contribution in [-0.2, 0) is 14.8 Å². The van der Waals surface area contributed by atoms with Gasteiger partial charge in [-0.15, -0.1) is 0 Å². The van der Waals surface area contributed by atoms with E-state index >= 15 is 0 Å². The molecule has 114 valence electrons. The first-order valence-electron chi connectivity index (χ1n) is 5.06. The number of aliphatic hydroxyl groups is 2. The Morgan fingerprint density at radius 3 is 2.26 bits per heavy atom. The molecule has 0 rings (SSSR count). The monoisotopic (exact) mass is 309 g/mol. The fourth-order valence-corrected chi connectivity index (χ4v) is 1.45. The maximum atomic E-state index is 11.9. The number of aliphatic hydroxyl groups excluding tert-OH is 1. The maximum Gasteiger partial charge on any atom is 0.516 e. The van der Waals surface area contributed by atoms with Crippen LogP contribution in [0.15, 0.2) is 0 Å². The molecular formula is C8H14F3NO6S. The Bertz CT molecular complexity index is 409. The highest BCUT2D eigenvalue weighted by Crippen LogP contribution is 2.21. The second-order valence-corrected chi connectivity index (χ2v) is 5.43. The quantitative estimate of drug-likeness (QED) is 0.641. The van der Waals surface area contributed by atoms with Gasteiger partial charge in [-0.2, -0.15) is 21.6 Å². The molecule has 0 fully saturated rings. The number of hydrogen-bond donors (Lipinski definition) is 3. The molecule has 0 bridgehead atoms. The molecule has 0 aromatic heterocycles. The van der Waals surface area contributed by atoms with Gasteiger partial charge in [0.15, 0.2) is 0 Å². The average molecular weight is 309 g/mol. The first-order chi connectivity index (χ1) is 8.47. The Morgan fingerprint density at radius 2 is 1.89 bits per heavy atom. The first-order valence-corrected chi connectivity index (χ1v) is 6.55. The highest BCUT2D eigenvalue weighted by atomic mass is 32.2. The van der Waals surface area contributed by atoms with E-state index in [1.54, 1.807) is 6.92 Å². The third-order valence-electron chi connectivity index (χ3n) is 2.00. The summed E-state index contributed by atoms with van der Waals surface area (Å²) in [5.74, 6) is 0. The van der Waals surface area contributed by atoms with E-state index in [0.29, 0.717) is 11.1 Å². The fraction of sp³-hybridized carbons (Fsp3) is 0.875. The highest BCUT2D eigenvalue weighted by molar-refractivity contribution is 7.90. The van der Waals surface area contributed by atoms with Gasteiger partial charge in [0.1, 0.15) is 12.2 Å². The summed E-state index contributed by atoms with van der Waals surface area (Å²) in [4.78, 5) is 10.9. The van der Waals surface area contributed by atoms with Crippen molar-refractivity contribution in [2.45, 2.75) is 30.9 Å². The summed E-state index contributed by atoms with van der Waals surface area (Å²) in [5.41, 5.74) is -7.48. The molecule has 1 amide bonds. The molecule has 0 radical (unpaired) electrons. The molecule has 0 aliphatic rings. The summed E-state index contributed by atoms with van der Waals surface area (Å²) in [6.07, 6.45) is -1.47. The molecule has 0 heterocycles. The number of carbonyl (C=O) groups excluding carboxylic acids is 1. The molecule has 0 aliphatic heterocycles. The van der Waals surface area contributed by atoms with Gasteiger partial charge in [-0.3, -0.25) is 0 Å². The summed E-state index contributed by atoms with van der Waals surface area (Å²) in [6.45, 7) is 0.0193. The fourth-order valence-electron chi connectivity index (χ4n) is 1.06. The molecule has 0 spiro atoms. The number of nitrogens with one attached hydrogen (secondary N) is 1. The second-order valence-electron chi connectivity index (χ2n) is 3.76. The molecule has 0 aromatic rings. The van der Waals surface area contributed by atoms with Crippen molar-refractivity contribution in [2.75, 3.05) is 13.2 Å². The lowest BCUT2D eigenvalue weighted by atomic mass is 10.0. The van der Waals surface area contributed by atoms with Crippen LogP contribution in [0, 0.1) is 0 Å². The summed E-state index contributed by atoms with van der Waals surface area (Å²) < 4.78 is 61.6. The van der Waals surface area contributed by atoms with Gasteiger partial charge < -0.3 is 14.9 Å². The van der Waals surface area contributed by atoms with Gasteiger partial charge >= 0.3 is 21.6 Å². The molecule has 1 unspecified atom stereocenters. The molecule has 0 saturated carbocycles. The van der Waals surface area contributed by atoms with Crippen LogP contribution >= 0.6 is 0 Å². The number of alkyl halides is 3. The van der Waals surface area contributed by atoms with Gasteiger partial charge in [0.25, 0.3) is 0 Å². The number of hydrogen-bond acceptors (Lipinski definition) is 6. The van der Waals surface area contributed by atoms with Crippen molar-refractivity contribution in [1.29, 1.82) is 0 Å². The van der Waals surface area contributed by atoms with Crippen molar-refractivity contribution in [1.82, 2.24) is 4.72 Å². The van der Waals surface area contributed by atoms with Crippen LogP contribution in [0.1, 0.15) is 19.8 Å². The third kappa shape index (κ3) is 5.61. The van der Waals surface area contributed by atoms with Gasteiger partial charge in [0.2, 0.25) is 0 Å². The number of amides is 1. The van der Waals surface area contributed by atoms with Crippen LogP contribution in [0.5, 0.6) is 0 Å². The standard InChI is InChI=1S/C8H14F3NO6S/c1-2-3-7(15,4-13)5-18-6(14)12-19(16,17)8(9,10)11/h13,15H,2-5H2,1H3,(H,12,14). The minimum absolute atomic E-state index is 0.0167. The van der Waals surface area contributed by atoms with Crippen molar-refractivity contribution >= 4 is 16.1 Å². The molecule has 1 atom stereocenters. The van der Waals surface area contributed by atoms with E-state index in [1.165, 1.54) is 0 Å². The molecular weight excluding hydrogens is 295 g/mol. The Labute approximate surface area is 107 Å². The molecule has 0 aliphatic carbocycles. The minimum Gasteiger partial charge on any atom is -0.446 e. The van der Waals surface area contributed by atoms with E-state index in [-0.39, 0.29) is 6.42 Å². The number of ether oxygens (including phenoxy) is 1. The highest BCUT2D eigenvalue weighted by Gasteiger charge is 2.47. The van der Waals surface area contributed by atoms with Crippen LogP contribution in [-0.4, -0.2) is 49.0 Å².